The Kier molecular flexibility index (Phi) is 4.59. The molecule has 19 heavy (non-hydrogen) atoms. The maximum Gasteiger partial charge on any atom is 0.337 e. The van der Waals surface area contributed by atoms with Gasteiger partial charge in [0, 0.05) is 0 Å². The van der Waals surface area contributed by atoms with Gasteiger partial charge in [-0.1, -0.05) is 0 Å². The van der Waals surface area contributed by atoms with Crippen molar-refractivity contribution < 1.29 is 28.5 Å². The van der Waals surface area contributed by atoms with E-state index in [0.29, 0.717) is 36.9 Å². The van der Waals surface area contributed by atoms with Crippen molar-refractivity contribution in [2.24, 2.45) is 0 Å². The van der Waals surface area contributed by atoms with Gasteiger partial charge in [-0.3, -0.25) is 0 Å². The topological polar surface area (TPSA) is 63.2 Å². The molecule has 0 amide bonds. The standard InChI is InChI=1S/C13H16O6/c1-15-10-4-3-9(13(14)16-2)7-11(10)19-12-8-17-5-6-18-12/h3-4,7,12H,5-6,8H2,1-2H3. The molecule has 1 heterocycles. The van der Waals surface area contributed by atoms with Gasteiger partial charge in [0.1, 0.15) is 6.61 Å². The highest BCUT2D eigenvalue weighted by Crippen LogP contribution is 2.29. The number of rotatable bonds is 4. The van der Waals surface area contributed by atoms with Crippen molar-refractivity contribution in [3.05, 3.63) is 23.8 Å². The lowest BCUT2D eigenvalue weighted by atomic mass is 10.2. The molecule has 2 rings (SSSR count). The molecular weight excluding hydrogens is 252 g/mol. The van der Waals surface area contributed by atoms with Crippen molar-refractivity contribution in [1.82, 2.24) is 0 Å². The van der Waals surface area contributed by atoms with Gasteiger partial charge >= 0.3 is 5.97 Å². The van der Waals surface area contributed by atoms with Crippen LogP contribution < -0.4 is 9.47 Å². The van der Waals surface area contributed by atoms with E-state index in [9.17, 15) is 4.79 Å². The Hall–Kier alpha value is -1.79. The van der Waals surface area contributed by atoms with Crippen LogP contribution in [0.25, 0.3) is 0 Å². The van der Waals surface area contributed by atoms with Crippen LogP contribution in [0, 0.1) is 0 Å². The van der Waals surface area contributed by atoms with Crippen LogP contribution in [0.15, 0.2) is 18.2 Å². The van der Waals surface area contributed by atoms with Gasteiger partial charge < -0.3 is 23.7 Å². The van der Waals surface area contributed by atoms with E-state index >= 15 is 0 Å². The van der Waals surface area contributed by atoms with E-state index in [1.54, 1.807) is 18.2 Å². The lowest BCUT2D eigenvalue weighted by Crippen LogP contribution is -2.33. The Labute approximate surface area is 111 Å². The number of carbonyl (C=O) groups is 1. The molecule has 1 aromatic rings. The highest BCUT2D eigenvalue weighted by molar-refractivity contribution is 5.90. The molecule has 1 atom stereocenters. The first-order valence-corrected chi connectivity index (χ1v) is 5.87. The van der Waals surface area contributed by atoms with Gasteiger partial charge in [-0.25, -0.2) is 4.79 Å². The maximum atomic E-state index is 11.5. The summed E-state index contributed by atoms with van der Waals surface area (Å²) in [5.74, 6) is 0.496. The van der Waals surface area contributed by atoms with Crippen LogP contribution in [0.4, 0.5) is 0 Å². The van der Waals surface area contributed by atoms with Crippen LogP contribution in [0.3, 0.4) is 0 Å². The molecule has 0 N–H and O–H groups in total. The number of ether oxygens (including phenoxy) is 5. The van der Waals surface area contributed by atoms with E-state index in [1.807, 2.05) is 0 Å². The molecule has 1 aromatic carbocycles. The molecule has 1 aliphatic rings. The minimum absolute atomic E-state index is 0.339. The Balaban J connectivity index is 2.17. The van der Waals surface area contributed by atoms with Crippen molar-refractivity contribution in [2.45, 2.75) is 6.29 Å². The monoisotopic (exact) mass is 268 g/mol. The van der Waals surface area contributed by atoms with E-state index in [2.05, 4.69) is 4.74 Å². The molecule has 0 saturated carbocycles. The van der Waals surface area contributed by atoms with E-state index in [4.69, 9.17) is 18.9 Å². The summed E-state index contributed by atoms with van der Waals surface area (Å²) in [7, 11) is 2.85. The zero-order valence-electron chi connectivity index (χ0n) is 10.9. The number of methoxy groups -OCH3 is 2. The molecule has 104 valence electrons. The minimum atomic E-state index is -0.504. The molecule has 1 fully saturated rings. The van der Waals surface area contributed by atoms with E-state index < -0.39 is 12.3 Å². The maximum absolute atomic E-state index is 11.5. The lowest BCUT2D eigenvalue weighted by molar-refractivity contribution is -0.171. The number of carbonyl (C=O) groups excluding carboxylic acids is 1. The van der Waals surface area contributed by atoms with E-state index in [0.717, 1.165) is 0 Å². The first-order chi connectivity index (χ1) is 9.24. The highest BCUT2D eigenvalue weighted by atomic mass is 16.7. The van der Waals surface area contributed by atoms with Crippen LogP contribution >= 0.6 is 0 Å². The molecular formula is C13H16O6. The van der Waals surface area contributed by atoms with Crippen molar-refractivity contribution >= 4 is 5.97 Å². The smallest absolute Gasteiger partial charge is 0.337 e. The summed E-state index contributed by atoms with van der Waals surface area (Å²) in [6, 6.07) is 4.81. The SMILES string of the molecule is COC(=O)c1ccc(OC)c(OC2COCCO2)c1. The largest absolute Gasteiger partial charge is 0.493 e. The van der Waals surface area contributed by atoms with E-state index in [1.165, 1.54) is 14.2 Å². The molecule has 1 aliphatic heterocycles. The molecule has 0 radical (unpaired) electrons. The van der Waals surface area contributed by atoms with Crippen LogP contribution in [0.5, 0.6) is 11.5 Å². The molecule has 0 aromatic heterocycles. The Morgan fingerprint density at radius 3 is 2.74 bits per heavy atom. The lowest BCUT2D eigenvalue weighted by Gasteiger charge is -2.24. The predicted octanol–water partition coefficient (Wildman–Crippen LogP) is 1.23. The summed E-state index contributed by atoms with van der Waals surface area (Å²) in [5.41, 5.74) is 0.384. The van der Waals surface area contributed by atoms with Gasteiger partial charge in [-0.15, -0.1) is 0 Å². The van der Waals surface area contributed by atoms with Crippen LogP contribution in [-0.2, 0) is 14.2 Å². The summed E-state index contributed by atoms with van der Waals surface area (Å²) in [4.78, 5) is 11.5. The summed E-state index contributed by atoms with van der Waals surface area (Å²) in [5, 5.41) is 0. The summed E-state index contributed by atoms with van der Waals surface area (Å²) < 4.78 is 26.1. The van der Waals surface area contributed by atoms with Crippen molar-refractivity contribution in [2.75, 3.05) is 34.0 Å². The fourth-order valence-corrected chi connectivity index (χ4v) is 1.69. The Morgan fingerprint density at radius 2 is 2.11 bits per heavy atom. The first kappa shape index (κ1) is 13.6. The molecule has 6 nitrogen and oxygen atoms in total. The fourth-order valence-electron chi connectivity index (χ4n) is 1.69. The van der Waals surface area contributed by atoms with Crippen LogP contribution in [-0.4, -0.2) is 46.3 Å². The molecule has 1 unspecified atom stereocenters. The van der Waals surface area contributed by atoms with Gasteiger partial charge in [0.2, 0.25) is 6.29 Å². The summed E-state index contributed by atoms with van der Waals surface area (Å²) in [6.07, 6.45) is -0.504. The number of hydrogen-bond acceptors (Lipinski definition) is 6. The van der Waals surface area contributed by atoms with Gasteiger partial charge in [0.05, 0.1) is 33.0 Å². The Morgan fingerprint density at radius 1 is 1.26 bits per heavy atom. The summed E-state index contributed by atoms with van der Waals surface area (Å²) >= 11 is 0. The van der Waals surface area contributed by atoms with Gasteiger partial charge in [0.25, 0.3) is 0 Å². The first-order valence-electron chi connectivity index (χ1n) is 5.87. The average Bonchev–Trinajstić information content (AvgIpc) is 2.47. The molecule has 1 saturated heterocycles. The van der Waals surface area contributed by atoms with Crippen molar-refractivity contribution in [3.8, 4) is 11.5 Å². The van der Waals surface area contributed by atoms with E-state index in [-0.39, 0.29) is 0 Å². The van der Waals surface area contributed by atoms with Gasteiger partial charge in [-0.2, -0.15) is 0 Å². The fraction of sp³-hybridized carbons (Fsp3) is 0.462. The van der Waals surface area contributed by atoms with Gasteiger partial charge in [0.15, 0.2) is 11.5 Å². The van der Waals surface area contributed by atoms with Gasteiger partial charge in [-0.05, 0) is 18.2 Å². The number of benzene rings is 1. The van der Waals surface area contributed by atoms with Crippen molar-refractivity contribution in [3.63, 3.8) is 0 Å². The van der Waals surface area contributed by atoms with Crippen molar-refractivity contribution in [1.29, 1.82) is 0 Å². The quantitative estimate of drug-likeness (QED) is 0.765. The zero-order valence-corrected chi connectivity index (χ0v) is 10.9. The number of esters is 1. The second-order valence-electron chi connectivity index (χ2n) is 3.85. The van der Waals surface area contributed by atoms with Crippen LogP contribution in [0.2, 0.25) is 0 Å². The highest BCUT2D eigenvalue weighted by Gasteiger charge is 2.19. The zero-order chi connectivity index (χ0) is 13.7. The number of hydrogen-bond donors (Lipinski definition) is 0. The molecule has 0 spiro atoms. The predicted molar refractivity (Wildman–Crippen MR) is 65.5 cm³/mol. The third-order valence-corrected chi connectivity index (χ3v) is 2.63. The third-order valence-electron chi connectivity index (χ3n) is 2.63. The summed E-state index contributed by atoms with van der Waals surface area (Å²) in [6.45, 7) is 1.37. The normalized spacial score (nSPS) is 18.7. The Bertz CT molecular complexity index is 439. The second kappa shape index (κ2) is 6.40. The molecule has 0 bridgehead atoms. The van der Waals surface area contributed by atoms with Crippen LogP contribution in [0.1, 0.15) is 10.4 Å². The second-order valence-corrected chi connectivity index (χ2v) is 3.85. The minimum Gasteiger partial charge on any atom is -0.493 e. The molecule has 6 heteroatoms. The molecule has 0 aliphatic carbocycles. The average molecular weight is 268 g/mol. The third kappa shape index (κ3) is 3.36.